The van der Waals surface area contributed by atoms with Gasteiger partial charge in [-0.1, -0.05) is 0 Å². The molecule has 0 bridgehead atoms. The van der Waals surface area contributed by atoms with Crippen molar-refractivity contribution < 1.29 is 9.53 Å². The van der Waals surface area contributed by atoms with E-state index in [4.69, 9.17) is 4.74 Å². The normalized spacial score (nSPS) is 10.2. The lowest BCUT2D eigenvalue weighted by atomic mass is 10.3. The third-order valence-electron chi connectivity index (χ3n) is 1.67. The van der Waals surface area contributed by atoms with Crippen LogP contribution in [0.25, 0.3) is 0 Å². The van der Waals surface area contributed by atoms with Crippen LogP contribution in [0.5, 0.6) is 0 Å². The van der Waals surface area contributed by atoms with E-state index < -0.39 is 0 Å². The van der Waals surface area contributed by atoms with E-state index in [1.54, 1.807) is 6.20 Å². The molecule has 1 rings (SSSR count). The number of nitrogens with zero attached hydrogens (tertiary/aromatic N) is 2. The maximum Gasteiger partial charge on any atom is 0.272 e. The summed E-state index contributed by atoms with van der Waals surface area (Å²) in [7, 11) is 1.49. The van der Waals surface area contributed by atoms with Crippen LogP contribution in [0.1, 0.15) is 16.1 Å². The van der Waals surface area contributed by atoms with E-state index in [1.165, 1.54) is 11.8 Å². The molecule has 66 valence electrons. The van der Waals surface area contributed by atoms with E-state index in [0.717, 1.165) is 11.3 Å². The van der Waals surface area contributed by atoms with Crippen molar-refractivity contribution in [3.05, 3.63) is 17.5 Å². The van der Waals surface area contributed by atoms with Crippen molar-refractivity contribution in [1.82, 2.24) is 9.78 Å². The van der Waals surface area contributed by atoms with Gasteiger partial charge in [0.2, 0.25) is 0 Å². The first-order chi connectivity index (χ1) is 5.65. The highest BCUT2D eigenvalue weighted by Gasteiger charge is 2.06. The van der Waals surface area contributed by atoms with Crippen LogP contribution in [-0.2, 0) is 4.74 Å². The second kappa shape index (κ2) is 3.49. The lowest BCUT2D eigenvalue weighted by Gasteiger charge is -1.96. The van der Waals surface area contributed by atoms with Crippen molar-refractivity contribution in [3.63, 3.8) is 0 Å². The minimum Gasteiger partial charge on any atom is -0.375 e. The first-order valence-corrected chi connectivity index (χ1v) is 3.70. The topological polar surface area (TPSA) is 44.1 Å². The molecule has 1 heterocycles. The van der Waals surface area contributed by atoms with Gasteiger partial charge in [0.1, 0.15) is 6.61 Å². The molecule has 0 atom stereocenters. The van der Waals surface area contributed by atoms with Crippen LogP contribution in [0, 0.1) is 13.8 Å². The van der Waals surface area contributed by atoms with Crippen molar-refractivity contribution in [3.8, 4) is 0 Å². The molecule has 0 fully saturated rings. The van der Waals surface area contributed by atoms with E-state index in [1.807, 2.05) is 13.8 Å². The number of carbonyl (C=O) groups excluding carboxylic acids is 1. The number of hydrogen-bond donors (Lipinski definition) is 0. The monoisotopic (exact) mass is 168 g/mol. The highest BCUT2D eigenvalue weighted by Crippen LogP contribution is 2.02. The van der Waals surface area contributed by atoms with Gasteiger partial charge in [-0.2, -0.15) is 5.10 Å². The lowest BCUT2D eigenvalue weighted by molar-refractivity contribution is 0.0744. The summed E-state index contributed by atoms with van der Waals surface area (Å²) < 4.78 is 6.01. The highest BCUT2D eigenvalue weighted by atomic mass is 16.5. The zero-order chi connectivity index (χ0) is 9.14. The summed E-state index contributed by atoms with van der Waals surface area (Å²) in [6, 6.07) is 0. The molecule has 0 aromatic carbocycles. The van der Waals surface area contributed by atoms with E-state index in [2.05, 4.69) is 5.10 Å². The molecule has 0 N–H and O–H groups in total. The fourth-order valence-corrected chi connectivity index (χ4v) is 0.864. The van der Waals surface area contributed by atoms with Crippen LogP contribution in [0.15, 0.2) is 6.20 Å². The third kappa shape index (κ3) is 1.71. The van der Waals surface area contributed by atoms with Gasteiger partial charge < -0.3 is 4.74 Å². The van der Waals surface area contributed by atoms with Gasteiger partial charge in [-0.25, -0.2) is 4.68 Å². The Kier molecular flexibility index (Phi) is 2.60. The van der Waals surface area contributed by atoms with Crippen LogP contribution < -0.4 is 0 Å². The molecule has 0 radical (unpaired) electrons. The Hall–Kier alpha value is -1.16. The molecule has 1 aromatic rings. The maximum atomic E-state index is 11.2. The Morgan fingerprint density at radius 2 is 2.33 bits per heavy atom. The van der Waals surface area contributed by atoms with E-state index in [9.17, 15) is 4.79 Å². The number of aryl methyl sites for hydroxylation is 2. The smallest absolute Gasteiger partial charge is 0.272 e. The Morgan fingerprint density at radius 3 is 2.75 bits per heavy atom. The molecule has 4 heteroatoms. The standard InChI is InChI=1S/C8H12N2O2/c1-6-4-10(9-7(6)2)8(11)5-12-3/h4H,5H2,1-3H3. The van der Waals surface area contributed by atoms with Gasteiger partial charge in [-0.15, -0.1) is 0 Å². The summed E-state index contributed by atoms with van der Waals surface area (Å²) >= 11 is 0. The summed E-state index contributed by atoms with van der Waals surface area (Å²) in [6.07, 6.45) is 1.71. The molecule has 0 amide bonds. The SMILES string of the molecule is COCC(=O)n1cc(C)c(C)n1. The van der Waals surface area contributed by atoms with Crippen LogP contribution in [0.2, 0.25) is 0 Å². The summed E-state index contributed by atoms with van der Waals surface area (Å²) in [5, 5.41) is 4.02. The zero-order valence-electron chi connectivity index (χ0n) is 7.50. The van der Waals surface area contributed by atoms with E-state index in [0.29, 0.717) is 0 Å². The van der Waals surface area contributed by atoms with Gasteiger partial charge in [-0.05, 0) is 19.4 Å². The van der Waals surface area contributed by atoms with E-state index in [-0.39, 0.29) is 12.5 Å². The molecule has 0 aliphatic heterocycles. The van der Waals surface area contributed by atoms with Gasteiger partial charge in [0.15, 0.2) is 0 Å². The number of carbonyl (C=O) groups is 1. The Labute approximate surface area is 71.1 Å². The molecule has 0 aliphatic rings. The highest BCUT2D eigenvalue weighted by molar-refractivity contribution is 5.79. The quantitative estimate of drug-likeness (QED) is 0.655. The van der Waals surface area contributed by atoms with Gasteiger partial charge in [0.25, 0.3) is 5.91 Å². The van der Waals surface area contributed by atoms with Crippen LogP contribution in [-0.4, -0.2) is 29.4 Å². The number of aromatic nitrogens is 2. The van der Waals surface area contributed by atoms with Crippen molar-refractivity contribution in [2.45, 2.75) is 13.8 Å². The van der Waals surface area contributed by atoms with Crippen LogP contribution >= 0.6 is 0 Å². The minimum atomic E-state index is -0.145. The summed E-state index contributed by atoms with van der Waals surface area (Å²) in [5.41, 5.74) is 1.89. The van der Waals surface area contributed by atoms with Crippen molar-refractivity contribution >= 4 is 5.91 Å². The third-order valence-corrected chi connectivity index (χ3v) is 1.67. The zero-order valence-corrected chi connectivity index (χ0v) is 7.50. The summed E-state index contributed by atoms with van der Waals surface area (Å²) in [5.74, 6) is -0.145. The van der Waals surface area contributed by atoms with Gasteiger partial charge >= 0.3 is 0 Å². The average Bonchev–Trinajstić information content (AvgIpc) is 2.33. The van der Waals surface area contributed by atoms with Gasteiger partial charge in [0, 0.05) is 13.3 Å². The molecule has 0 spiro atoms. The molecular weight excluding hydrogens is 156 g/mol. The van der Waals surface area contributed by atoms with Gasteiger partial charge in [0.05, 0.1) is 5.69 Å². The predicted molar refractivity (Wildman–Crippen MR) is 44.2 cm³/mol. The maximum absolute atomic E-state index is 11.2. The van der Waals surface area contributed by atoms with E-state index >= 15 is 0 Å². The summed E-state index contributed by atoms with van der Waals surface area (Å²) in [4.78, 5) is 11.2. The fourth-order valence-electron chi connectivity index (χ4n) is 0.864. The molecule has 1 aromatic heterocycles. The average molecular weight is 168 g/mol. The fraction of sp³-hybridized carbons (Fsp3) is 0.500. The lowest BCUT2D eigenvalue weighted by Crippen LogP contribution is -2.16. The Morgan fingerprint density at radius 1 is 1.67 bits per heavy atom. The second-order valence-corrected chi connectivity index (χ2v) is 2.67. The largest absolute Gasteiger partial charge is 0.375 e. The molecule has 0 unspecified atom stereocenters. The first kappa shape index (κ1) is 8.93. The molecular formula is C8H12N2O2. The number of rotatable bonds is 2. The number of methoxy groups -OCH3 is 1. The van der Waals surface area contributed by atoms with Crippen LogP contribution in [0.3, 0.4) is 0 Å². The second-order valence-electron chi connectivity index (χ2n) is 2.67. The first-order valence-electron chi connectivity index (χ1n) is 3.70. The molecule has 12 heavy (non-hydrogen) atoms. The minimum absolute atomic E-state index is 0.0700. The Balaban J connectivity index is 2.82. The molecule has 0 saturated heterocycles. The molecule has 4 nitrogen and oxygen atoms in total. The molecule has 0 aliphatic carbocycles. The summed E-state index contributed by atoms with van der Waals surface area (Å²) in [6.45, 7) is 3.85. The van der Waals surface area contributed by atoms with Crippen molar-refractivity contribution in [2.75, 3.05) is 13.7 Å². The number of hydrogen-bond acceptors (Lipinski definition) is 3. The predicted octanol–water partition coefficient (Wildman–Crippen LogP) is 0.787. The Bertz CT molecular complexity index is 272. The van der Waals surface area contributed by atoms with Crippen LogP contribution in [0.4, 0.5) is 0 Å². The van der Waals surface area contributed by atoms with Crippen molar-refractivity contribution in [1.29, 1.82) is 0 Å². The number of ether oxygens (including phenoxy) is 1. The van der Waals surface area contributed by atoms with Crippen molar-refractivity contribution in [2.24, 2.45) is 0 Å². The van der Waals surface area contributed by atoms with Gasteiger partial charge in [-0.3, -0.25) is 4.79 Å². The molecule has 0 saturated carbocycles.